The van der Waals surface area contributed by atoms with E-state index in [4.69, 9.17) is 11.6 Å². The van der Waals surface area contributed by atoms with Crippen molar-refractivity contribution in [1.29, 1.82) is 0 Å². The summed E-state index contributed by atoms with van der Waals surface area (Å²) in [5.74, 6) is 0. The fraction of sp³-hybridized carbons (Fsp3) is 0.364. The van der Waals surface area contributed by atoms with E-state index in [2.05, 4.69) is 4.90 Å². The Balaban J connectivity index is 2.22. The zero-order chi connectivity index (χ0) is 9.97. The second-order valence-electron chi connectivity index (χ2n) is 3.56. The SMILES string of the molecule is O=Cc1c(Cl)cccc1CN1CCC1. The summed E-state index contributed by atoms with van der Waals surface area (Å²) in [4.78, 5) is 13.1. The maximum Gasteiger partial charge on any atom is 0.151 e. The molecule has 0 aromatic heterocycles. The van der Waals surface area contributed by atoms with E-state index in [0.717, 1.165) is 31.5 Å². The molecule has 0 unspecified atom stereocenters. The second-order valence-corrected chi connectivity index (χ2v) is 3.97. The van der Waals surface area contributed by atoms with Crippen LogP contribution in [0.3, 0.4) is 0 Å². The molecule has 1 aromatic carbocycles. The minimum Gasteiger partial charge on any atom is -0.299 e. The molecule has 1 aromatic rings. The molecule has 0 spiro atoms. The van der Waals surface area contributed by atoms with Crippen LogP contribution in [0, 0.1) is 0 Å². The van der Waals surface area contributed by atoms with Crippen molar-refractivity contribution in [2.24, 2.45) is 0 Å². The lowest BCUT2D eigenvalue weighted by molar-refractivity contribution is 0.111. The molecule has 0 aliphatic carbocycles. The number of hydrogen-bond donors (Lipinski definition) is 0. The Morgan fingerprint density at radius 1 is 1.43 bits per heavy atom. The van der Waals surface area contributed by atoms with Gasteiger partial charge in [-0.1, -0.05) is 23.7 Å². The summed E-state index contributed by atoms with van der Waals surface area (Å²) >= 11 is 5.92. The zero-order valence-corrected chi connectivity index (χ0v) is 8.63. The molecule has 0 amide bonds. The van der Waals surface area contributed by atoms with Gasteiger partial charge in [-0.15, -0.1) is 0 Å². The van der Waals surface area contributed by atoms with E-state index < -0.39 is 0 Å². The Bertz CT molecular complexity index is 347. The molecule has 0 saturated carbocycles. The number of benzene rings is 1. The first-order valence-corrected chi connectivity index (χ1v) is 5.14. The Hall–Kier alpha value is -0.860. The Kier molecular flexibility index (Phi) is 2.85. The summed E-state index contributed by atoms with van der Waals surface area (Å²) in [7, 11) is 0. The van der Waals surface area contributed by atoms with Crippen LogP contribution in [0.4, 0.5) is 0 Å². The molecule has 0 radical (unpaired) electrons. The van der Waals surface area contributed by atoms with E-state index in [-0.39, 0.29) is 0 Å². The van der Waals surface area contributed by atoms with Crippen LogP contribution in [-0.4, -0.2) is 24.3 Å². The second kappa shape index (κ2) is 4.11. The number of nitrogens with zero attached hydrogens (tertiary/aromatic N) is 1. The minimum atomic E-state index is 0.554. The van der Waals surface area contributed by atoms with Gasteiger partial charge in [0.15, 0.2) is 6.29 Å². The van der Waals surface area contributed by atoms with Crippen LogP contribution in [0.5, 0.6) is 0 Å². The highest BCUT2D eigenvalue weighted by atomic mass is 35.5. The van der Waals surface area contributed by atoms with Gasteiger partial charge in [0.05, 0.1) is 5.02 Å². The summed E-state index contributed by atoms with van der Waals surface area (Å²) in [6.45, 7) is 3.10. The summed E-state index contributed by atoms with van der Waals surface area (Å²) in [5.41, 5.74) is 1.67. The third kappa shape index (κ3) is 1.81. The number of aldehydes is 1. The van der Waals surface area contributed by atoms with Crippen molar-refractivity contribution in [2.45, 2.75) is 13.0 Å². The number of halogens is 1. The van der Waals surface area contributed by atoms with Crippen molar-refractivity contribution in [3.8, 4) is 0 Å². The number of carbonyl (C=O) groups is 1. The van der Waals surface area contributed by atoms with Gasteiger partial charge in [0, 0.05) is 12.1 Å². The van der Waals surface area contributed by atoms with Crippen LogP contribution >= 0.6 is 11.6 Å². The van der Waals surface area contributed by atoms with Crippen molar-refractivity contribution in [3.05, 3.63) is 34.3 Å². The van der Waals surface area contributed by atoms with Crippen LogP contribution in [0.25, 0.3) is 0 Å². The molecule has 0 N–H and O–H groups in total. The van der Waals surface area contributed by atoms with E-state index in [0.29, 0.717) is 10.6 Å². The highest BCUT2D eigenvalue weighted by molar-refractivity contribution is 6.33. The average molecular weight is 210 g/mol. The Morgan fingerprint density at radius 2 is 2.21 bits per heavy atom. The van der Waals surface area contributed by atoms with Gasteiger partial charge in [0.2, 0.25) is 0 Å². The van der Waals surface area contributed by atoms with Crippen LogP contribution in [-0.2, 0) is 6.54 Å². The maximum atomic E-state index is 10.8. The standard InChI is InChI=1S/C11H12ClNO/c12-11-4-1-3-9(10(11)8-14)7-13-5-2-6-13/h1,3-4,8H,2,5-7H2. The van der Waals surface area contributed by atoms with Crippen molar-refractivity contribution in [2.75, 3.05) is 13.1 Å². The van der Waals surface area contributed by atoms with Crippen molar-refractivity contribution >= 4 is 17.9 Å². The average Bonchev–Trinajstić information content (AvgIpc) is 2.11. The summed E-state index contributed by atoms with van der Waals surface area (Å²) < 4.78 is 0. The van der Waals surface area contributed by atoms with Crippen molar-refractivity contribution < 1.29 is 4.79 Å². The Labute approximate surface area is 88.5 Å². The third-order valence-corrected chi connectivity index (χ3v) is 2.93. The molecule has 2 nitrogen and oxygen atoms in total. The van der Waals surface area contributed by atoms with Crippen LogP contribution in [0.15, 0.2) is 18.2 Å². The van der Waals surface area contributed by atoms with Crippen molar-refractivity contribution in [1.82, 2.24) is 4.90 Å². The van der Waals surface area contributed by atoms with Gasteiger partial charge in [0.25, 0.3) is 0 Å². The molecule has 2 rings (SSSR count). The smallest absolute Gasteiger partial charge is 0.151 e. The Morgan fingerprint density at radius 3 is 2.79 bits per heavy atom. The van der Waals surface area contributed by atoms with E-state index in [1.165, 1.54) is 6.42 Å². The van der Waals surface area contributed by atoms with Crippen molar-refractivity contribution in [3.63, 3.8) is 0 Å². The van der Waals surface area contributed by atoms with Gasteiger partial charge in [-0.3, -0.25) is 9.69 Å². The van der Waals surface area contributed by atoms with Gasteiger partial charge < -0.3 is 0 Å². The number of rotatable bonds is 3. The predicted octanol–water partition coefficient (Wildman–Crippen LogP) is 2.36. The summed E-state index contributed by atoms with van der Waals surface area (Å²) in [5, 5.41) is 0.554. The molecule has 1 saturated heterocycles. The van der Waals surface area contributed by atoms with Gasteiger partial charge in [-0.2, -0.15) is 0 Å². The molecular weight excluding hydrogens is 198 g/mol. The predicted molar refractivity (Wildman–Crippen MR) is 56.7 cm³/mol. The van der Waals surface area contributed by atoms with Gasteiger partial charge >= 0.3 is 0 Å². The van der Waals surface area contributed by atoms with Crippen LogP contribution in [0.2, 0.25) is 5.02 Å². The van der Waals surface area contributed by atoms with Gasteiger partial charge in [0.1, 0.15) is 0 Å². The molecule has 1 fully saturated rings. The fourth-order valence-corrected chi connectivity index (χ4v) is 1.87. The fourth-order valence-electron chi connectivity index (χ4n) is 1.63. The molecule has 74 valence electrons. The monoisotopic (exact) mass is 209 g/mol. The molecular formula is C11H12ClNO. The molecule has 1 aliphatic rings. The first-order valence-electron chi connectivity index (χ1n) is 4.76. The van der Waals surface area contributed by atoms with E-state index in [9.17, 15) is 4.79 Å². The molecule has 1 aliphatic heterocycles. The molecule has 14 heavy (non-hydrogen) atoms. The number of likely N-dealkylation sites (tertiary alicyclic amines) is 1. The van der Waals surface area contributed by atoms with E-state index in [1.807, 2.05) is 12.1 Å². The maximum absolute atomic E-state index is 10.8. The quantitative estimate of drug-likeness (QED) is 0.713. The van der Waals surface area contributed by atoms with Gasteiger partial charge in [-0.25, -0.2) is 0 Å². The number of carbonyl (C=O) groups excluding carboxylic acids is 1. The summed E-state index contributed by atoms with van der Waals surface area (Å²) in [6.07, 6.45) is 2.11. The lowest BCUT2D eigenvalue weighted by Gasteiger charge is -2.31. The minimum absolute atomic E-state index is 0.554. The lowest BCUT2D eigenvalue weighted by atomic mass is 10.1. The third-order valence-electron chi connectivity index (χ3n) is 2.60. The molecule has 0 bridgehead atoms. The molecule has 1 heterocycles. The number of hydrogen-bond acceptors (Lipinski definition) is 2. The van der Waals surface area contributed by atoms with E-state index >= 15 is 0 Å². The zero-order valence-electron chi connectivity index (χ0n) is 7.87. The molecule has 3 heteroatoms. The first kappa shape index (κ1) is 9.69. The molecule has 0 atom stereocenters. The van der Waals surface area contributed by atoms with E-state index in [1.54, 1.807) is 6.07 Å². The first-order chi connectivity index (χ1) is 6.81. The summed E-state index contributed by atoms with van der Waals surface area (Å²) in [6, 6.07) is 5.61. The highest BCUT2D eigenvalue weighted by Gasteiger charge is 2.16. The lowest BCUT2D eigenvalue weighted by Crippen LogP contribution is -2.36. The van der Waals surface area contributed by atoms with Crippen LogP contribution in [0.1, 0.15) is 22.3 Å². The van der Waals surface area contributed by atoms with Gasteiger partial charge in [-0.05, 0) is 31.1 Å². The largest absolute Gasteiger partial charge is 0.299 e. The highest BCUT2D eigenvalue weighted by Crippen LogP contribution is 2.21. The normalized spacial score (nSPS) is 16.4. The van der Waals surface area contributed by atoms with Crippen LogP contribution < -0.4 is 0 Å². The topological polar surface area (TPSA) is 20.3 Å².